The quantitative estimate of drug-likeness (QED) is 0.603. The van der Waals surface area contributed by atoms with Crippen molar-refractivity contribution in [1.82, 2.24) is 4.98 Å². The normalized spacial score (nSPS) is 12.5. The molecule has 0 aromatic carbocycles. The SMILES string of the molecule is [B]c1cncc(OCCO[Si](C)(C)C(C)(C)C)c1. The van der Waals surface area contributed by atoms with Crippen molar-refractivity contribution in [3.63, 3.8) is 0 Å². The number of ether oxygens (including phenoxy) is 1. The minimum atomic E-state index is -1.67. The molecule has 0 atom stereocenters. The van der Waals surface area contributed by atoms with Gasteiger partial charge in [-0.15, -0.1) is 0 Å². The first kappa shape index (κ1) is 15.2. The van der Waals surface area contributed by atoms with Crippen LogP contribution in [0.4, 0.5) is 0 Å². The van der Waals surface area contributed by atoms with Crippen molar-refractivity contribution in [3.05, 3.63) is 18.5 Å². The van der Waals surface area contributed by atoms with E-state index >= 15 is 0 Å². The van der Waals surface area contributed by atoms with E-state index < -0.39 is 8.32 Å². The summed E-state index contributed by atoms with van der Waals surface area (Å²) in [7, 11) is 3.95. The standard InChI is InChI=1S/C13H22BNO2Si/c1-13(2,3)18(4,5)17-7-6-16-12-8-11(14)9-15-10-12/h8-10H,6-7H2,1-5H3. The summed E-state index contributed by atoms with van der Waals surface area (Å²) < 4.78 is 11.6. The Bertz CT molecular complexity index is 391. The van der Waals surface area contributed by atoms with Crippen molar-refractivity contribution in [3.8, 4) is 5.75 Å². The van der Waals surface area contributed by atoms with Gasteiger partial charge in [-0.2, -0.15) is 0 Å². The summed E-state index contributed by atoms with van der Waals surface area (Å²) in [6, 6.07) is 1.76. The van der Waals surface area contributed by atoms with Gasteiger partial charge >= 0.3 is 0 Å². The van der Waals surface area contributed by atoms with E-state index in [0.717, 1.165) is 0 Å². The molecule has 0 saturated heterocycles. The first-order valence-corrected chi connectivity index (χ1v) is 9.10. The van der Waals surface area contributed by atoms with Gasteiger partial charge < -0.3 is 9.16 Å². The molecule has 0 bridgehead atoms. The highest BCUT2D eigenvalue weighted by atomic mass is 28.4. The van der Waals surface area contributed by atoms with Crippen molar-refractivity contribution in [2.24, 2.45) is 0 Å². The van der Waals surface area contributed by atoms with Crippen molar-refractivity contribution in [1.29, 1.82) is 0 Å². The molecule has 2 radical (unpaired) electrons. The molecule has 0 aliphatic carbocycles. The van der Waals surface area contributed by atoms with Gasteiger partial charge in [0.15, 0.2) is 8.32 Å². The molecule has 0 spiro atoms. The number of rotatable bonds is 5. The van der Waals surface area contributed by atoms with E-state index in [1.54, 1.807) is 18.5 Å². The zero-order valence-corrected chi connectivity index (χ0v) is 13.0. The fourth-order valence-electron chi connectivity index (χ4n) is 1.19. The number of pyridine rings is 1. The largest absolute Gasteiger partial charge is 0.490 e. The molecule has 0 unspecified atom stereocenters. The van der Waals surface area contributed by atoms with Gasteiger partial charge in [-0.1, -0.05) is 26.2 Å². The average molecular weight is 263 g/mol. The Balaban J connectivity index is 2.35. The van der Waals surface area contributed by atoms with E-state index in [-0.39, 0.29) is 5.04 Å². The molecule has 0 N–H and O–H groups in total. The van der Waals surface area contributed by atoms with Gasteiger partial charge in [-0.25, -0.2) is 0 Å². The summed E-state index contributed by atoms with van der Waals surface area (Å²) in [6.45, 7) is 12.3. The molecule has 0 aliphatic rings. The molecule has 0 aliphatic heterocycles. The molecule has 98 valence electrons. The highest BCUT2D eigenvalue weighted by Crippen LogP contribution is 2.36. The van der Waals surface area contributed by atoms with Crippen LogP contribution in [0.2, 0.25) is 18.1 Å². The first-order valence-electron chi connectivity index (χ1n) is 6.20. The lowest BCUT2D eigenvalue weighted by Crippen LogP contribution is -2.41. The highest BCUT2D eigenvalue weighted by Gasteiger charge is 2.36. The molecule has 1 aromatic rings. The van der Waals surface area contributed by atoms with Crippen LogP contribution in [0, 0.1) is 0 Å². The summed E-state index contributed by atoms with van der Waals surface area (Å²) in [5.41, 5.74) is 0.609. The topological polar surface area (TPSA) is 31.4 Å². The molecule has 5 heteroatoms. The molecular weight excluding hydrogens is 241 g/mol. The first-order chi connectivity index (χ1) is 8.22. The Hall–Kier alpha value is -0.808. The summed E-state index contributed by atoms with van der Waals surface area (Å²) in [6.07, 6.45) is 3.25. The molecule has 0 amide bonds. The van der Waals surface area contributed by atoms with Crippen molar-refractivity contribution < 1.29 is 9.16 Å². The van der Waals surface area contributed by atoms with Crippen LogP contribution in [0.15, 0.2) is 18.5 Å². The van der Waals surface area contributed by atoms with E-state index in [2.05, 4.69) is 38.8 Å². The molecule has 0 fully saturated rings. The predicted molar refractivity (Wildman–Crippen MR) is 78.3 cm³/mol. The maximum atomic E-state index is 6.01. The average Bonchev–Trinajstić information content (AvgIpc) is 2.23. The zero-order valence-electron chi connectivity index (χ0n) is 12.0. The number of hydrogen-bond donors (Lipinski definition) is 0. The van der Waals surface area contributed by atoms with E-state index in [4.69, 9.17) is 17.0 Å². The Kier molecular flexibility index (Phi) is 4.99. The summed E-state index contributed by atoms with van der Waals surface area (Å²) in [4.78, 5) is 3.97. The van der Waals surface area contributed by atoms with Gasteiger partial charge in [0.25, 0.3) is 0 Å². The van der Waals surface area contributed by atoms with Crippen molar-refractivity contribution in [2.75, 3.05) is 13.2 Å². The van der Waals surface area contributed by atoms with Gasteiger partial charge in [0, 0.05) is 6.20 Å². The van der Waals surface area contributed by atoms with Crippen LogP contribution < -0.4 is 10.2 Å². The highest BCUT2D eigenvalue weighted by molar-refractivity contribution is 6.74. The fourth-order valence-corrected chi connectivity index (χ4v) is 2.21. The van der Waals surface area contributed by atoms with Crippen LogP contribution in [0.1, 0.15) is 20.8 Å². The van der Waals surface area contributed by atoms with Gasteiger partial charge in [0.1, 0.15) is 20.2 Å². The Morgan fingerprint density at radius 3 is 2.44 bits per heavy atom. The molecule has 1 aromatic heterocycles. The monoisotopic (exact) mass is 263 g/mol. The molecule has 3 nitrogen and oxygen atoms in total. The third-order valence-corrected chi connectivity index (χ3v) is 7.89. The van der Waals surface area contributed by atoms with Crippen molar-refractivity contribution in [2.45, 2.75) is 38.9 Å². The summed E-state index contributed by atoms with van der Waals surface area (Å²) in [5, 5.41) is 0.228. The van der Waals surface area contributed by atoms with Gasteiger partial charge in [-0.05, 0) is 24.2 Å². The van der Waals surface area contributed by atoms with Gasteiger partial charge in [-0.3, -0.25) is 4.98 Å². The zero-order chi connectivity index (χ0) is 13.8. The maximum Gasteiger partial charge on any atom is 0.192 e. The van der Waals surface area contributed by atoms with Crippen LogP contribution >= 0.6 is 0 Å². The van der Waals surface area contributed by atoms with E-state index in [9.17, 15) is 0 Å². The Labute approximate surface area is 112 Å². The van der Waals surface area contributed by atoms with E-state index in [1.807, 2.05) is 0 Å². The third-order valence-electron chi connectivity index (χ3n) is 3.36. The van der Waals surface area contributed by atoms with E-state index in [1.165, 1.54) is 0 Å². The smallest absolute Gasteiger partial charge is 0.192 e. The van der Waals surface area contributed by atoms with Crippen LogP contribution in [0.3, 0.4) is 0 Å². The Morgan fingerprint density at radius 2 is 1.89 bits per heavy atom. The maximum absolute atomic E-state index is 6.01. The molecule has 18 heavy (non-hydrogen) atoms. The molecule has 0 saturated carbocycles. The third kappa shape index (κ3) is 4.46. The molecular formula is C13H22BNO2Si. The number of nitrogens with zero attached hydrogens (tertiary/aromatic N) is 1. The lowest BCUT2D eigenvalue weighted by Gasteiger charge is -2.36. The van der Waals surface area contributed by atoms with Crippen molar-refractivity contribution >= 4 is 21.6 Å². The predicted octanol–water partition coefficient (Wildman–Crippen LogP) is 2.28. The molecule has 1 rings (SSSR count). The Morgan fingerprint density at radius 1 is 1.22 bits per heavy atom. The minimum Gasteiger partial charge on any atom is -0.490 e. The van der Waals surface area contributed by atoms with Gasteiger partial charge in [0.2, 0.25) is 0 Å². The van der Waals surface area contributed by atoms with Crippen LogP contribution in [-0.2, 0) is 4.43 Å². The second kappa shape index (κ2) is 5.89. The second-order valence-electron chi connectivity index (χ2n) is 5.91. The fraction of sp³-hybridized carbons (Fsp3) is 0.615. The van der Waals surface area contributed by atoms with Gasteiger partial charge in [0.05, 0.1) is 12.8 Å². The second-order valence-corrected chi connectivity index (χ2v) is 10.7. The van der Waals surface area contributed by atoms with Crippen LogP contribution in [0.5, 0.6) is 5.75 Å². The summed E-state index contributed by atoms with van der Waals surface area (Å²) >= 11 is 0. The number of aromatic nitrogens is 1. The lowest BCUT2D eigenvalue weighted by molar-refractivity contribution is 0.203. The lowest BCUT2D eigenvalue weighted by atomic mass is 9.99. The van der Waals surface area contributed by atoms with Crippen LogP contribution in [-0.4, -0.2) is 34.4 Å². The molecule has 1 heterocycles. The number of hydrogen-bond acceptors (Lipinski definition) is 3. The minimum absolute atomic E-state index is 0.228. The van der Waals surface area contributed by atoms with E-state index in [0.29, 0.717) is 24.4 Å². The summed E-state index contributed by atoms with van der Waals surface area (Å²) in [5.74, 6) is 0.689. The van der Waals surface area contributed by atoms with Crippen LogP contribution in [0.25, 0.3) is 0 Å².